The van der Waals surface area contributed by atoms with Crippen molar-refractivity contribution in [2.45, 2.75) is 56.3 Å². The molecule has 0 spiro atoms. The fraction of sp³-hybridized carbons (Fsp3) is 0.571. The van der Waals surface area contributed by atoms with Crippen molar-refractivity contribution in [2.24, 2.45) is 0 Å². The number of hydrogen-bond acceptors (Lipinski definition) is 4. The van der Waals surface area contributed by atoms with Gasteiger partial charge in [-0.2, -0.15) is 13.2 Å². The van der Waals surface area contributed by atoms with Crippen LogP contribution >= 0.6 is 11.6 Å². The van der Waals surface area contributed by atoms with Gasteiger partial charge in [0.15, 0.2) is 11.3 Å². The third-order valence-corrected chi connectivity index (χ3v) is 6.94. The minimum atomic E-state index is -4.64. The van der Waals surface area contributed by atoms with Crippen molar-refractivity contribution in [2.75, 3.05) is 19.6 Å². The summed E-state index contributed by atoms with van der Waals surface area (Å²) in [5.41, 5.74) is -1.08. The first-order valence-corrected chi connectivity index (χ1v) is 11.1. The number of halogens is 4. The number of β-amino-alcohol motifs (C(OH)–C–C–N with tert-alkyl or cyclic N) is 1. The first-order chi connectivity index (χ1) is 15.1. The number of aliphatic hydroxyl groups excluding tert-OH is 1. The summed E-state index contributed by atoms with van der Waals surface area (Å²) in [7, 11) is 0. The van der Waals surface area contributed by atoms with Crippen molar-refractivity contribution in [3.63, 3.8) is 0 Å². The predicted molar refractivity (Wildman–Crippen MR) is 108 cm³/mol. The third kappa shape index (κ3) is 3.63. The van der Waals surface area contributed by atoms with Gasteiger partial charge >= 0.3 is 6.18 Å². The summed E-state index contributed by atoms with van der Waals surface area (Å²) in [4.78, 5) is 32.1. The molecule has 11 heteroatoms. The van der Waals surface area contributed by atoms with E-state index in [1.54, 1.807) is 4.90 Å². The molecule has 1 aliphatic carbocycles. The lowest BCUT2D eigenvalue weighted by Gasteiger charge is -2.40. The normalized spacial score (nSPS) is 24.6. The van der Waals surface area contributed by atoms with Crippen LogP contribution in [0.25, 0.3) is 5.65 Å². The van der Waals surface area contributed by atoms with Gasteiger partial charge in [-0.1, -0.05) is 11.6 Å². The number of rotatable bonds is 3. The first-order valence-electron chi connectivity index (χ1n) is 10.7. The number of carbonyl (C=O) groups excluding carboxylic acids is 2. The van der Waals surface area contributed by atoms with Gasteiger partial charge in [-0.3, -0.25) is 14.0 Å². The van der Waals surface area contributed by atoms with Crippen molar-refractivity contribution >= 4 is 29.1 Å². The van der Waals surface area contributed by atoms with E-state index in [4.69, 9.17) is 11.6 Å². The number of aliphatic hydroxyl groups is 1. The highest BCUT2D eigenvalue weighted by Gasteiger charge is 2.40. The topological polar surface area (TPSA) is 78.2 Å². The molecule has 1 N–H and O–H groups in total. The van der Waals surface area contributed by atoms with Crippen molar-refractivity contribution < 1.29 is 27.9 Å². The van der Waals surface area contributed by atoms with Crippen LogP contribution in [-0.4, -0.2) is 67.9 Å². The zero-order valence-corrected chi connectivity index (χ0v) is 17.9. The molecule has 0 bridgehead atoms. The van der Waals surface area contributed by atoms with Gasteiger partial charge < -0.3 is 14.9 Å². The number of likely N-dealkylation sites (tertiary alicyclic amines) is 2. The fourth-order valence-electron chi connectivity index (χ4n) is 4.76. The van der Waals surface area contributed by atoms with E-state index in [1.807, 2.05) is 0 Å². The number of hydrogen-bond donors (Lipinski definition) is 1. The molecule has 0 radical (unpaired) electrons. The van der Waals surface area contributed by atoms with Gasteiger partial charge in [0.2, 0.25) is 5.91 Å². The number of alkyl halides is 3. The van der Waals surface area contributed by atoms with E-state index in [1.165, 1.54) is 11.1 Å². The SMILES string of the molecule is O=C(c1nc2c(C(F)(F)F)cc(C3CC3)cn2c1Cl)N1CC[C@@H](N2CCCC2=O)[C@H](O)C1. The van der Waals surface area contributed by atoms with Crippen LogP contribution in [0.1, 0.15) is 59.6 Å². The Kier molecular flexibility index (Phi) is 5.12. The molecule has 3 fully saturated rings. The maximum Gasteiger partial charge on any atom is 0.419 e. The van der Waals surface area contributed by atoms with E-state index in [-0.39, 0.29) is 41.8 Å². The predicted octanol–water partition coefficient (Wildman–Crippen LogP) is 3.08. The highest BCUT2D eigenvalue weighted by molar-refractivity contribution is 6.33. The Morgan fingerprint density at radius 1 is 1.22 bits per heavy atom. The molecule has 2 aromatic rings. The van der Waals surface area contributed by atoms with Crippen molar-refractivity contribution in [1.29, 1.82) is 0 Å². The largest absolute Gasteiger partial charge is 0.419 e. The molecular formula is C21H22ClF3N4O3. The van der Waals surface area contributed by atoms with E-state index in [0.29, 0.717) is 24.9 Å². The summed E-state index contributed by atoms with van der Waals surface area (Å²) in [6, 6.07) is 0.718. The Morgan fingerprint density at radius 3 is 2.56 bits per heavy atom. The van der Waals surface area contributed by atoms with Crippen LogP contribution in [0, 0.1) is 0 Å². The van der Waals surface area contributed by atoms with Gasteiger partial charge in [-0.05, 0) is 43.2 Å². The summed E-state index contributed by atoms with van der Waals surface area (Å²) < 4.78 is 42.2. The maximum atomic E-state index is 13.7. The molecule has 2 aromatic heterocycles. The summed E-state index contributed by atoms with van der Waals surface area (Å²) in [6.07, 6.45) is -0.868. The second kappa shape index (κ2) is 7.62. The molecular weight excluding hydrogens is 449 g/mol. The Hall–Kier alpha value is -2.33. The number of aromatic nitrogens is 2. The third-order valence-electron chi connectivity index (χ3n) is 6.58. The number of nitrogens with zero attached hydrogens (tertiary/aromatic N) is 4. The summed E-state index contributed by atoms with van der Waals surface area (Å²) >= 11 is 6.35. The molecule has 3 aliphatic rings. The zero-order valence-electron chi connectivity index (χ0n) is 17.1. The summed E-state index contributed by atoms with van der Waals surface area (Å²) in [6.45, 7) is 0.779. The number of pyridine rings is 1. The zero-order chi connectivity index (χ0) is 22.8. The lowest BCUT2D eigenvalue weighted by Crippen LogP contribution is -2.55. The van der Waals surface area contributed by atoms with Gasteiger partial charge in [0.05, 0.1) is 17.7 Å². The van der Waals surface area contributed by atoms with Gasteiger partial charge in [0.25, 0.3) is 5.91 Å². The monoisotopic (exact) mass is 470 g/mol. The Morgan fingerprint density at radius 2 is 1.97 bits per heavy atom. The number of carbonyl (C=O) groups is 2. The van der Waals surface area contributed by atoms with Crippen LogP contribution in [0.2, 0.25) is 5.15 Å². The van der Waals surface area contributed by atoms with Crippen LogP contribution in [0.5, 0.6) is 0 Å². The van der Waals surface area contributed by atoms with Crippen LogP contribution in [0.15, 0.2) is 12.3 Å². The number of fused-ring (bicyclic) bond motifs is 1. The lowest BCUT2D eigenvalue weighted by molar-refractivity contribution is -0.136. The average molecular weight is 471 g/mol. The van der Waals surface area contributed by atoms with E-state index in [0.717, 1.165) is 29.7 Å². The van der Waals surface area contributed by atoms with Crippen LogP contribution < -0.4 is 0 Å². The molecule has 2 saturated heterocycles. The molecule has 7 nitrogen and oxygen atoms in total. The highest BCUT2D eigenvalue weighted by Crippen LogP contribution is 2.43. The van der Waals surface area contributed by atoms with Crippen molar-refractivity contribution in [3.8, 4) is 0 Å². The molecule has 1 saturated carbocycles. The Balaban J connectivity index is 1.44. The summed E-state index contributed by atoms with van der Waals surface area (Å²) in [5, 5.41) is 10.4. The second-order valence-corrected chi connectivity index (χ2v) is 9.13. The minimum absolute atomic E-state index is 0.0108. The number of piperidine rings is 1. The maximum absolute atomic E-state index is 13.7. The highest BCUT2D eigenvalue weighted by atomic mass is 35.5. The van der Waals surface area contributed by atoms with Gasteiger partial charge in [0.1, 0.15) is 5.15 Å². The Labute approximate surface area is 186 Å². The van der Waals surface area contributed by atoms with Crippen LogP contribution in [-0.2, 0) is 11.0 Å². The molecule has 172 valence electrons. The molecule has 2 amide bonds. The Bertz CT molecular complexity index is 1100. The van der Waals surface area contributed by atoms with Crippen molar-refractivity contribution in [1.82, 2.24) is 19.2 Å². The van der Waals surface area contributed by atoms with Gasteiger partial charge in [-0.25, -0.2) is 4.98 Å². The molecule has 2 atom stereocenters. The molecule has 2 aliphatic heterocycles. The van der Waals surface area contributed by atoms with Crippen LogP contribution in [0.3, 0.4) is 0 Å². The number of imidazole rings is 1. The molecule has 32 heavy (non-hydrogen) atoms. The van der Waals surface area contributed by atoms with E-state index in [9.17, 15) is 27.9 Å². The minimum Gasteiger partial charge on any atom is -0.389 e. The van der Waals surface area contributed by atoms with Gasteiger partial charge in [-0.15, -0.1) is 0 Å². The molecule has 4 heterocycles. The number of amides is 2. The average Bonchev–Trinajstić information content (AvgIpc) is 3.43. The van der Waals surface area contributed by atoms with Gasteiger partial charge in [0, 0.05) is 32.3 Å². The molecule has 5 rings (SSSR count). The standard InChI is InChI=1S/C21H22ClF3N4O3/c22-18-17(20(32)27-7-5-14(15(30)10-27)28-6-1-2-16(28)31)26-19-13(21(23,24)25)8-12(9-29(18)19)11-3-4-11/h8-9,11,14-15,30H,1-7,10H2/t14-,15-/m1/s1. The van der Waals surface area contributed by atoms with Crippen LogP contribution in [0.4, 0.5) is 13.2 Å². The second-order valence-electron chi connectivity index (χ2n) is 8.77. The van der Waals surface area contributed by atoms with Crippen molar-refractivity contribution in [3.05, 3.63) is 34.2 Å². The smallest absolute Gasteiger partial charge is 0.389 e. The first kappa shape index (κ1) is 21.5. The van der Waals surface area contributed by atoms with E-state index < -0.39 is 29.4 Å². The molecule has 0 unspecified atom stereocenters. The fourth-order valence-corrected chi connectivity index (χ4v) is 5.01. The van der Waals surface area contributed by atoms with E-state index >= 15 is 0 Å². The van der Waals surface area contributed by atoms with E-state index in [2.05, 4.69) is 4.98 Å². The quantitative estimate of drug-likeness (QED) is 0.748. The summed E-state index contributed by atoms with van der Waals surface area (Å²) in [5.74, 6) is -0.589. The lowest BCUT2D eigenvalue weighted by atomic mass is 10.00. The molecule has 0 aromatic carbocycles.